The van der Waals surface area contributed by atoms with Gasteiger partial charge in [0.15, 0.2) is 0 Å². The van der Waals surface area contributed by atoms with E-state index in [4.69, 9.17) is 4.74 Å². The number of aryl methyl sites for hydroxylation is 1. The Morgan fingerprint density at radius 1 is 1.34 bits per heavy atom. The van der Waals surface area contributed by atoms with E-state index in [1.807, 2.05) is 36.1 Å². The van der Waals surface area contributed by atoms with Crippen LogP contribution in [0.5, 0.6) is 5.75 Å². The standard InChI is InChI=1S/C22H28N4O3/c1-16-20(13-23-15-25-16)22(28)26-10-4-6-17(14-26)8-9-21(27)24-12-18-5-3-7-19(11-18)29-2/h3,5,7,11,13,15,17H,4,6,8-10,12,14H2,1-2H3,(H,24,27)/t17-/m1/s1. The van der Waals surface area contributed by atoms with Gasteiger partial charge < -0.3 is 15.0 Å². The molecule has 0 bridgehead atoms. The van der Waals surface area contributed by atoms with Crippen LogP contribution < -0.4 is 10.1 Å². The summed E-state index contributed by atoms with van der Waals surface area (Å²) in [7, 11) is 1.63. The fourth-order valence-corrected chi connectivity index (χ4v) is 3.66. The molecule has 1 aromatic carbocycles. The number of likely N-dealkylation sites (tertiary alicyclic amines) is 1. The maximum absolute atomic E-state index is 12.8. The van der Waals surface area contributed by atoms with E-state index in [2.05, 4.69) is 15.3 Å². The molecule has 0 aliphatic carbocycles. The van der Waals surface area contributed by atoms with Crippen LogP contribution >= 0.6 is 0 Å². The molecule has 3 rings (SSSR count). The highest BCUT2D eigenvalue weighted by Gasteiger charge is 2.26. The third-order valence-corrected chi connectivity index (χ3v) is 5.35. The molecule has 7 nitrogen and oxygen atoms in total. The van der Waals surface area contributed by atoms with Crippen molar-refractivity contribution in [1.29, 1.82) is 0 Å². The van der Waals surface area contributed by atoms with E-state index in [0.717, 1.165) is 37.1 Å². The molecule has 2 heterocycles. The first kappa shape index (κ1) is 20.8. The fraction of sp³-hybridized carbons (Fsp3) is 0.455. The Balaban J connectivity index is 1.46. The number of piperidine rings is 1. The zero-order chi connectivity index (χ0) is 20.6. The summed E-state index contributed by atoms with van der Waals surface area (Å²) in [4.78, 5) is 35.0. The van der Waals surface area contributed by atoms with Gasteiger partial charge in [-0.1, -0.05) is 12.1 Å². The third kappa shape index (κ3) is 5.76. The number of hydrogen-bond acceptors (Lipinski definition) is 5. The minimum atomic E-state index is -0.0183. The number of carbonyl (C=O) groups excluding carboxylic acids is 2. The SMILES string of the molecule is COc1cccc(CNC(=O)CC[C@H]2CCCN(C(=O)c3cncnc3C)C2)c1. The van der Waals surface area contributed by atoms with Crippen LogP contribution in [0.1, 0.15) is 47.3 Å². The predicted molar refractivity (Wildman–Crippen MR) is 109 cm³/mol. The van der Waals surface area contributed by atoms with Crippen LogP contribution in [0.2, 0.25) is 0 Å². The van der Waals surface area contributed by atoms with Gasteiger partial charge in [0.05, 0.1) is 18.4 Å². The first-order chi connectivity index (χ1) is 14.1. The molecule has 1 aromatic heterocycles. The number of ether oxygens (including phenoxy) is 1. The Labute approximate surface area is 171 Å². The molecule has 0 radical (unpaired) electrons. The number of aromatic nitrogens is 2. The Morgan fingerprint density at radius 2 is 2.21 bits per heavy atom. The van der Waals surface area contributed by atoms with Crippen molar-refractivity contribution < 1.29 is 14.3 Å². The number of hydrogen-bond donors (Lipinski definition) is 1. The summed E-state index contributed by atoms with van der Waals surface area (Å²) in [5.74, 6) is 1.13. The summed E-state index contributed by atoms with van der Waals surface area (Å²) < 4.78 is 5.20. The number of rotatable bonds is 7. The molecule has 2 aromatic rings. The molecule has 1 aliphatic rings. The lowest BCUT2D eigenvalue weighted by Gasteiger charge is -2.33. The van der Waals surface area contributed by atoms with Crippen molar-refractivity contribution in [2.45, 2.75) is 39.2 Å². The molecule has 0 unspecified atom stereocenters. The highest BCUT2D eigenvalue weighted by Crippen LogP contribution is 2.23. The monoisotopic (exact) mass is 396 g/mol. The van der Waals surface area contributed by atoms with Gasteiger partial charge in [0.25, 0.3) is 5.91 Å². The molecular formula is C22H28N4O3. The summed E-state index contributed by atoms with van der Waals surface area (Å²) in [6.45, 7) is 3.73. The fourth-order valence-electron chi connectivity index (χ4n) is 3.66. The van der Waals surface area contributed by atoms with Crippen LogP contribution in [0.4, 0.5) is 0 Å². The topological polar surface area (TPSA) is 84.4 Å². The molecule has 154 valence electrons. The lowest BCUT2D eigenvalue weighted by atomic mass is 9.92. The van der Waals surface area contributed by atoms with E-state index in [1.54, 1.807) is 13.3 Å². The largest absolute Gasteiger partial charge is 0.497 e. The van der Waals surface area contributed by atoms with Gasteiger partial charge >= 0.3 is 0 Å². The van der Waals surface area contributed by atoms with Crippen LogP contribution in [0.15, 0.2) is 36.8 Å². The molecule has 0 saturated carbocycles. The third-order valence-electron chi connectivity index (χ3n) is 5.35. The van der Waals surface area contributed by atoms with Crippen molar-refractivity contribution in [2.24, 2.45) is 5.92 Å². The van der Waals surface area contributed by atoms with E-state index in [9.17, 15) is 9.59 Å². The van der Waals surface area contributed by atoms with Crippen LogP contribution in [0, 0.1) is 12.8 Å². The minimum absolute atomic E-state index is 0.0183. The molecule has 0 spiro atoms. The van der Waals surface area contributed by atoms with Gasteiger partial charge in [-0.2, -0.15) is 0 Å². The van der Waals surface area contributed by atoms with Crippen LogP contribution in [-0.2, 0) is 11.3 Å². The van der Waals surface area contributed by atoms with Gasteiger partial charge in [-0.3, -0.25) is 9.59 Å². The quantitative estimate of drug-likeness (QED) is 0.778. The maximum Gasteiger partial charge on any atom is 0.257 e. The molecule has 1 atom stereocenters. The van der Waals surface area contributed by atoms with Crippen molar-refractivity contribution in [2.75, 3.05) is 20.2 Å². The summed E-state index contributed by atoms with van der Waals surface area (Å²) in [5, 5.41) is 2.97. The summed E-state index contributed by atoms with van der Waals surface area (Å²) in [6.07, 6.45) is 6.27. The van der Waals surface area contributed by atoms with Crippen LogP contribution in [0.3, 0.4) is 0 Å². The molecule has 29 heavy (non-hydrogen) atoms. The van der Waals surface area contributed by atoms with E-state index in [-0.39, 0.29) is 11.8 Å². The van der Waals surface area contributed by atoms with Crippen molar-refractivity contribution in [3.05, 3.63) is 53.6 Å². The van der Waals surface area contributed by atoms with E-state index >= 15 is 0 Å². The Bertz CT molecular complexity index is 855. The maximum atomic E-state index is 12.8. The molecule has 1 fully saturated rings. The van der Waals surface area contributed by atoms with Gasteiger partial charge in [0.1, 0.15) is 12.1 Å². The van der Waals surface area contributed by atoms with Gasteiger partial charge in [-0.25, -0.2) is 9.97 Å². The van der Waals surface area contributed by atoms with Crippen LogP contribution in [-0.4, -0.2) is 46.9 Å². The van der Waals surface area contributed by atoms with Gasteiger partial charge in [0, 0.05) is 32.3 Å². The molecule has 2 amide bonds. The molecule has 1 saturated heterocycles. The lowest BCUT2D eigenvalue weighted by molar-refractivity contribution is -0.121. The number of amides is 2. The molecule has 7 heteroatoms. The summed E-state index contributed by atoms with van der Waals surface area (Å²) in [5.41, 5.74) is 2.26. The zero-order valence-corrected chi connectivity index (χ0v) is 17.1. The normalized spacial score (nSPS) is 16.3. The highest BCUT2D eigenvalue weighted by molar-refractivity contribution is 5.94. The summed E-state index contributed by atoms with van der Waals surface area (Å²) in [6, 6.07) is 7.67. The van der Waals surface area contributed by atoms with E-state index in [1.165, 1.54) is 6.33 Å². The van der Waals surface area contributed by atoms with E-state index in [0.29, 0.717) is 36.7 Å². The number of methoxy groups -OCH3 is 1. The lowest BCUT2D eigenvalue weighted by Crippen LogP contribution is -2.40. The Morgan fingerprint density at radius 3 is 3.00 bits per heavy atom. The second kappa shape index (κ2) is 10.0. The van der Waals surface area contributed by atoms with Gasteiger partial charge in [-0.05, 0) is 49.8 Å². The van der Waals surface area contributed by atoms with Crippen LogP contribution in [0.25, 0.3) is 0 Å². The number of benzene rings is 1. The average molecular weight is 396 g/mol. The van der Waals surface area contributed by atoms with Gasteiger partial charge in [-0.15, -0.1) is 0 Å². The number of nitrogens with one attached hydrogen (secondary N) is 1. The molecule has 1 N–H and O–H groups in total. The van der Waals surface area contributed by atoms with Gasteiger partial charge in [0.2, 0.25) is 5.91 Å². The predicted octanol–water partition coefficient (Wildman–Crippen LogP) is 2.74. The average Bonchev–Trinajstić information content (AvgIpc) is 2.76. The Hall–Kier alpha value is -2.96. The first-order valence-corrected chi connectivity index (χ1v) is 10.0. The van der Waals surface area contributed by atoms with Crippen molar-refractivity contribution in [1.82, 2.24) is 20.2 Å². The minimum Gasteiger partial charge on any atom is -0.497 e. The highest BCUT2D eigenvalue weighted by atomic mass is 16.5. The smallest absolute Gasteiger partial charge is 0.257 e. The number of carbonyl (C=O) groups is 2. The molecule has 1 aliphatic heterocycles. The second-order valence-corrected chi connectivity index (χ2v) is 7.45. The Kier molecular flexibility index (Phi) is 7.16. The van der Waals surface area contributed by atoms with Crippen molar-refractivity contribution >= 4 is 11.8 Å². The summed E-state index contributed by atoms with van der Waals surface area (Å²) >= 11 is 0. The van der Waals surface area contributed by atoms with Crippen molar-refractivity contribution in [3.63, 3.8) is 0 Å². The van der Waals surface area contributed by atoms with E-state index < -0.39 is 0 Å². The van der Waals surface area contributed by atoms with Crippen molar-refractivity contribution in [3.8, 4) is 5.75 Å². The molecular weight excluding hydrogens is 368 g/mol. The second-order valence-electron chi connectivity index (χ2n) is 7.45. The number of nitrogens with zero attached hydrogens (tertiary/aromatic N) is 3. The zero-order valence-electron chi connectivity index (χ0n) is 17.1. The first-order valence-electron chi connectivity index (χ1n) is 10.0.